The number of nitrogens with one attached hydrogen (secondary N) is 1. The van der Waals surface area contributed by atoms with Gasteiger partial charge >= 0.3 is 0 Å². The lowest BCUT2D eigenvalue weighted by atomic mass is 9.82. The number of carbonyl (C=O) groups is 1. The number of amides is 1. The van der Waals surface area contributed by atoms with Crippen LogP contribution in [0.3, 0.4) is 0 Å². The average molecular weight is 363 g/mol. The number of hydrogen-bond donors (Lipinski definition) is 1. The van der Waals surface area contributed by atoms with E-state index in [1.54, 1.807) is 13.4 Å². The van der Waals surface area contributed by atoms with E-state index >= 15 is 0 Å². The van der Waals surface area contributed by atoms with Crippen molar-refractivity contribution >= 4 is 5.91 Å². The molecule has 2 unspecified atom stereocenters. The number of furan rings is 1. The van der Waals surface area contributed by atoms with Gasteiger partial charge in [-0.25, -0.2) is 0 Å². The Kier molecular flexibility index (Phi) is 7.56. The summed E-state index contributed by atoms with van der Waals surface area (Å²) in [5.74, 6) is 1.25. The van der Waals surface area contributed by atoms with Gasteiger partial charge in [-0.15, -0.1) is 0 Å². The maximum atomic E-state index is 12.3. The zero-order valence-corrected chi connectivity index (χ0v) is 16.0. The molecular formula is C21H33NO4. The predicted octanol–water partition coefficient (Wildman–Crippen LogP) is 4.28. The highest BCUT2D eigenvalue weighted by atomic mass is 16.5. The summed E-state index contributed by atoms with van der Waals surface area (Å²) in [6.07, 6.45) is 13.1. The fourth-order valence-electron chi connectivity index (χ4n) is 4.35. The molecule has 2 saturated carbocycles. The molecule has 1 aromatic rings. The van der Waals surface area contributed by atoms with Crippen LogP contribution < -0.4 is 5.32 Å². The van der Waals surface area contributed by atoms with Crippen LogP contribution in [0, 0.1) is 5.92 Å². The Morgan fingerprint density at radius 2 is 1.92 bits per heavy atom. The second-order valence-electron chi connectivity index (χ2n) is 7.74. The first kappa shape index (κ1) is 19.4. The summed E-state index contributed by atoms with van der Waals surface area (Å²) in [6.45, 7) is 1.90. The Labute approximate surface area is 156 Å². The van der Waals surface area contributed by atoms with Crippen molar-refractivity contribution in [3.8, 4) is 0 Å². The monoisotopic (exact) mass is 363 g/mol. The first-order valence-electron chi connectivity index (χ1n) is 10.2. The highest BCUT2D eigenvalue weighted by Crippen LogP contribution is 2.35. The molecule has 1 amide bonds. The van der Waals surface area contributed by atoms with Crippen LogP contribution in [0.4, 0.5) is 0 Å². The Morgan fingerprint density at radius 3 is 2.73 bits per heavy atom. The molecule has 0 radical (unpaired) electrons. The molecule has 2 aliphatic carbocycles. The van der Waals surface area contributed by atoms with E-state index in [1.807, 2.05) is 6.07 Å². The van der Waals surface area contributed by atoms with E-state index in [2.05, 4.69) is 5.32 Å². The highest BCUT2D eigenvalue weighted by Gasteiger charge is 2.28. The number of carbonyl (C=O) groups excluding carboxylic acids is 1. The Balaban J connectivity index is 1.39. The molecule has 0 spiro atoms. The van der Waals surface area contributed by atoms with Crippen molar-refractivity contribution in [1.29, 1.82) is 0 Å². The van der Waals surface area contributed by atoms with Crippen molar-refractivity contribution in [2.24, 2.45) is 5.92 Å². The number of methoxy groups -OCH3 is 1. The highest BCUT2D eigenvalue weighted by molar-refractivity contribution is 5.91. The first-order valence-corrected chi connectivity index (χ1v) is 10.2. The standard InChI is InChI=1S/C21H33NO4/c1-24-19-10-6-5-9-18(19)17-13-20(26-15-17)21(23)22-11-12-25-14-16-7-3-2-4-8-16/h13,15-16,18-19H,2-12,14H2,1H3,(H,22,23). The minimum atomic E-state index is -0.165. The van der Waals surface area contributed by atoms with Gasteiger partial charge in [0.1, 0.15) is 0 Å². The maximum Gasteiger partial charge on any atom is 0.287 e. The van der Waals surface area contributed by atoms with Gasteiger partial charge in [0.15, 0.2) is 5.76 Å². The molecule has 1 heterocycles. The molecule has 2 fully saturated rings. The SMILES string of the molecule is COC1CCCCC1c1coc(C(=O)NCCOCC2CCCCC2)c1. The Morgan fingerprint density at radius 1 is 1.15 bits per heavy atom. The molecule has 1 N–H and O–H groups in total. The molecular weight excluding hydrogens is 330 g/mol. The number of ether oxygens (including phenoxy) is 2. The van der Waals surface area contributed by atoms with Gasteiger partial charge < -0.3 is 19.2 Å². The largest absolute Gasteiger partial charge is 0.459 e. The molecule has 3 rings (SSSR count). The van der Waals surface area contributed by atoms with Crippen molar-refractivity contribution < 1.29 is 18.7 Å². The summed E-state index contributed by atoms with van der Waals surface area (Å²) >= 11 is 0. The van der Waals surface area contributed by atoms with E-state index < -0.39 is 0 Å². The van der Waals surface area contributed by atoms with Gasteiger partial charge in [0.2, 0.25) is 0 Å². The minimum absolute atomic E-state index is 0.165. The lowest BCUT2D eigenvalue weighted by Gasteiger charge is -2.29. The van der Waals surface area contributed by atoms with Crippen molar-refractivity contribution in [3.63, 3.8) is 0 Å². The van der Waals surface area contributed by atoms with Gasteiger partial charge in [-0.2, -0.15) is 0 Å². The van der Waals surface area contributed by atoms with E-state index in [0.717, 1.165) is 25.0 Å². The van der Waals surface area contributed by atoms with E-state index in [1.165, 1.54) is 44.9 Å². The topological polar surface area (TPSA) is 60.7 Å². The number of hydrogen-bond acceptors (Lipinski definition) is 4. The summed E-state index contributed by atoms with van der Waals surface area (Å²) in [7, 11) is 1.77. The quantitative estimate of drug-likeness (QED) is 0.700. The first-order chi connectivity index (χ1) is 12.8. The number of rotatable bonds is 8. The van der Waals surface area contributed by atoms with Gasteiger partial charge in [0.25, 0.3) is 5.91 Å². The molecule has 0 bridgehead atoms. The molecule has 2 aliphatic rings. The van der Waals surface area contributed by atoms with Crippen LogP contribution in [0.1, 0.15) is 79.8 Å². The van der Waals surface area contributed by atoms with E-state index in [0.29, 0.717) is 30.7 Å². The summed E-state index contributed by atoms with van der Waals surface area (Å²) in [5, 5.41) is 2.89. The molecule has 0 aromatic carbocycles. The van der Waals surface area contributed by atoms with Crippen molar-refractivity contribution in [1.82, 2.24) is 5.32 Å². The van der Waals surface area contributed by atoms with Crippen molar-refractivity contribution in [2.45, 2.75) is 69.8 Å². The average Bonchev–Trinajstić information content (AvgIpc) is 3.18. The smallest absolute Gasteiger partial charge is 0.287 e. The maximum absolute atomic E-state index is 12.3. The normalized spacial score (nSPS) is 24.5. The van der Waals surface area contributed by atoms with Crippen molar-refractivity contribution in [2.75, 3.05) is 26.9 Å². The Hall–Kier alpha value is -1.33. The van der Waals surface area contributed by atoms with E-state index in [9.17, 15) is 4.79 Å². The van der Waals surface area contributed by atoms with Gasteiger partial charge in [-0.05, 0) is 43.2 Å². The van der Waals surface area contributed by atoms with Crippen LogP contribution in [0.5, 0.6) is 0 Å². The van der Waals surface area contributed by atoms with Crippen LogP contribution in [-0.2, 0) is 9.47 Å². The van der Waals surface area contributed by atoms with E-state index in [-0.39, 0.29) is 12.0 Å². The lowest BCUT2D eigenvalue weighted by Crippen LogP contribution is -2.28. The fraction of sp³-hybridized carbons (Fsp3) is 0.762. The van der Waals surface area contributed by atoms with Gasteiger partial charge in [0.05, 0.1) is 19.0 Å². The van der Waals surface area contributed by atoms with Crippen LogP contribution in [0.2, 0.25) is 0 Å². The molecule has 0 saturated heterocycles. The molecule has 2 atom stereocenters. The third-order valence-corrected chi connectivity index (χ3v) is 5.89. The van der Waals surface area contributed by atoms with Gasteiger partial charge in [-0.1, -0.05) is 32.1 Å². The molecule has 26 heavy (non-hydrogen) atoms. The van der Waals surface area contributed by atoms with Crippen molar-refractivity contribution in [3.05, 3.63) is 23.7 Å². The van der Waals surface area contributed by atoms with E-state index in [4.69, 9.17) is 13.9 Å². The third-order valence-electron chi connectivity index (χ3n) is 5.89. The summed E-state index contributed by atoms with van der Waals surface area (Å²) in [4.78, 5) is 12.3. The third kappa shape index (κ3) is 5.34. The second kappa shape index (κ2) is 10.1. The second-order valence-corrected chi connectivity index (χ2v) is 7.74. The van der Waals surface area contributed by atoms with Crippen LogP contribution in [0.15, 0.2) is 16.7 Å². The van der Waals surface area contributed by atoms with Crippen LogP contribution >= 0.6 is 0 Å². The van der Waals surface area contributed by atoms with Crippen LogP contribution in [-0.4, -0.2) is 38.9 Å². The minimum Gasteiger partial charge on any atom is -0.459 e. The molecule has 1 aromatic heterocycles. The van der Waals surface area contributed by atoms with Crippen LogP contribution in [0.25, 0.3) is 0 Å². The summed E-state index contributed by atoms with van der Waals surface area (Å²) < 4.78 is 16.9. The Bertz CT molecular complexity index is 550. The summed E-state index contributed by atoms with van der Waals surface area (Å²) in [6, 6.07) is 1.88. The molecule has 5 nitrogen and oxygen atoms in total. The molecule has 0 aliphatic heterocycles. The van der Waals surface area contributed by atoms with Gasteiger partial charge in [-0.3, -0.25) is 4.79 Å². The zero-order valence-electron chi connectivity index (χ0n) is 16.0. The summed E-state index contributed by atoms with van der Waals surface area (Å²) in [5.41, 5.74) is 1.08. The van der Waals surface area contributed by atoms with Gasteiger partial charge in [0, 0.05) is 26.2 Å². The fourth-order valence-corrected chi connectivity index (χ4v) is 4.35. The molecule has 5 heteroatoms. The predicted molar refractivity (Wildman–Crippen MR) is 100 cm³/mol. The molecule has 146 valence electrons. The zero-order chi connectivity index (χ0) is 18.2. The lowest BCUT2D eigenvalue weighted by molar-refractivity contribution is 0.0521.